The standard InChI is InChI=1S/C35H43FO6Si/c1-34(2,3)43(27-18-11-7-12-19-27,28-20-13-8-14-21-28)39-25-15-22-29(36)31(40-33(38)26-16-9-6-10-17-26)32-30(23-24-37)41-35(4,5)42-32/h6-14,16-22,30-32,37H,15,23-25H2,1-5H3/b29-22+/t30-,31?,32-/m0/s1. The van der Waals surface area contributed by atoms with Crippen LogP contribution in [-0.2, 0) is 18.6 Å². The first-order chi connectivity index (χ1) is 20.5. The Bertz CT molecular complexity index is 1300. The van der Waals surface area contributed by atoms with Gasteiger partial charge < -0.3 is 23.7 Å². The molecule has 3 atom stereocenters. The number of halogens is 1. The fourth-order valence-corrected chi connectivity index (χ4v) is 10.4. The van der Waals surface area contributed by atoms with Gasteiger partial charge in [-0.25, -0.2) is 9.18 Å². The van der Waals surface area contributed by atoms with Crippen LogP contribution in [0.3, 0.4) is 0 Å². The minimum atomic E-state index is -2.79. The molecule has 0 aliphatic carbocycles. The van der Waals surface area contributed by atoms with Crippen LogP contribution in [0.1, 0.15) is 57.8 Å². The average molecular weight is 607 g/mol. The van der Waals surface area contributed by atoms with E-state index in [2.05, 4.69) is 45.0 Å². The van der Waals surface area contributed by atoms with Crippen molar-refractivity contribution in [2.24, 2.45) is 0 Å². The number of carbonyl (C=O) groups excluding carboxylic acids is 1. The van der Waals surface area contributed by atoms with Gasteiger partial charge in [-0.15, -0.1) is 0 Å². The van der Waals surface area contributed by atoms with Gasteiger partial charge in [0.05, 0.1) is 11.7 Å². The van der Waals surface area contributed by atoms with Gasteiger partial charge >= 0.3 is 5.97 Å². The highest BCUT2D eigenvalue weighted by Gasteiger charge is 2.50. The molecule has 0 spiro atoms. The summed E-state index contributed by atoms with van der Waals surface area (Å²) in [6, 6.07) is 29.0. The number of esters is 1. The molecule has 3 aromatic carbocycles. The Hall–Kier alpha value is -3.14. The molecule has 4 rings (SSSR count). The quantitative estimate of drug-likeness (QED) is 0.156. The molecule has 1 saturated heterocycles. The molecular formula is C35H43FO6Si. The summed E-state index contributed by atoms with van der Waals surface area (Å²) in [6.45, 7) is 10.1. The van der Waals surface area contributed by atoms with Gasteiger partial charge in [0.15, 0.2) is 11.9 Å². The van der Waals surface area contributed by atoms with Crippen molar-refractivity contribution in [2.75, 3.05) is 13.2 Å². The zero-order chi connectivity index (χ0) is 31.1. The minimum absolute atomic E-state index is 0.183. The monoisotopic (exact) mass is 606 g/mol. The Morgan fingerprint density at radius 1 is 0.953 bits per heavy atom. The number of benzene rings is 3. The summed E-state index contributed by atoms with van der Waals surface area (Å²) >= 11 is 0. The molecule has 0 saturated carbocycles. The Kier molecular flexibility index (Phi) is 10.7. The van der Waals surface area contributed by atoms with Crippen LogP contribution in [-0.4, -0.2) is 56.7 Å². The van der Waals surface area contributed by atoms with Crippen LogP contribution in [0.5, 0.6) is 0 Å². The van der Waals surface area contributed by atoms with E-state index in [4.69, 9.17) is 18.6 Å². The number of hydrogen-bond donors (Lipinski definition) is 1. The molecule has 0 amide bonds. The summed E-state index contributed by atoms with van der Waals surface area (Å²) in [5, 5.41) is 11.7. The van der Waals surface area contributed by atoms with Crippen LogP contribution in [0.2, 0.25) is 5.04 Å². The van der Waals surface area contributed by atoms with Gasteiger partial charge in [0, 0.05) is 13.2 Å². The van der Waals surface area contributed by atoms with Gasteiger partial charge in [0.2, 0.25) is 0 Å². The molecule has 0 radical (unpaired) electrons. The summed E-state index contributed by atoms with van der Waals surface area (Å²) < 4.78 is 40.7. The smallest absolute Gasteiger partial charge is 0.338 e. The van der Waals surface area contributed by atoms with Crippen LogP contribution >= 0.6 is 0 Å². The van der Waals surface area contributed by atoms with Crippen molar-refractivity contribution in [2.45, 2.75) is 76.6 Å². The maximum Gasteiger partial charge on any atom is 0.338 e. The third-order valence-corrected chi connectivity index (χ3v) is 12.7. The normalized spacial score (nSPS) is 19.7. The molecule has 1 aliphatic rings. The van der Waals surface area contributed by atoms with Crippen molar-refractivity contribution in [3.05, 3.63) is 108 Å². The molecule has 1 heterocycles. The van der Waals surface area contributed by atoms with E-state index < -0.39 is 44.2 Å². The zero-order valence-electron chi connectivity index (χ0n) is 25.7. The second-order valence-corrected chi connectivity index (χ2v) is 16.5. The summed E-state index contributed by atoms with van der Waals surface area (Å²) in [5.74, 6) is -2.35. The van der Waals surface area contributed by atoms with E-state index in [0.29, 0.717) is 5.56 Å². The summed E-state index contributed by atoms with van der Waals surface area (Å²) in [7, 11) is -2.79. The minimum Gasteiger partial charge on any atom is -0.449 e. The molecular weight excluding hydrogens is 563 g/mol. The number of ether oxygens (including phenoxy) is 3. The van der Waals surface area contributed by atoms with Crippen molar-refractivity contribution in [3.63, 3.8) is 0 Å². The number of rotatable bonds is 12. The number of hydrogen-bond acceptors (Lipinski definition) is 6. The highest BCUT2D eigenvalue weighted by atomic mass is 28.4. The van der Waals surface area contributed by atoms with Gasteiger partial charge in [0.25, 0.3) is 8.32 Å². The van der Waals surface area contributed by atoms with E-state index in [1.807, 2.05) is 36.4 Å². The molecule has 1 fully saturated rings. The lowest BCUT2D eigenvalue weighted by Crippen LogP contribution is -2.66. The van der Waals surface area contributed by atoms with Gasteiger partial charge in [0.1, 0.15) is 11.9 Å². The van der Waals surface area contributed by atoms with Crippen LogP contribution in [0.15, 0.2) is 103 Å². The molecule has 3 aromatic rings. The fraction of sp³-hybridized carbons (Fsp3) is 0.400. The second-order valence-electron chi connectivity index (χ2n) is 12.2. The predicted octanol–water partition coefficient (Wildman–Crippen LogP) is 5.93. The average Bonchev–Trinajstić information content (AvgIpc) is 3.30. The lowest BCUT2D eigenvalue weighted by Gasteiger charge is -2.43. The van der Waals surface area contributed by atoms with Crippen molar-refractivity contribution in [1.82, 2.24) is 0 Å². The maximum atomic E-state index is 16.1. The Morgan fingerprint density at radius 2 is 1.49 bits per heavy atom. The van der Waals surface area contributed by atoms with E-state index >= 15 is 4.39 Å². The zero-order valence-corrected chi connectivity index (χ0v) is 26.7. The fourth-order valence-electron chi connectivity index (χ4n) is 5.79. The lowest BCUT2D eigenvalue weighted by molar-refractivity contribution is -0.154. The van der Waals surface area contributed by atoms with E-state index in [9.17, 15) is 9.90 Å². The number of aliphatic hydroxyl groups excluding tert-OH is 1. The molecule has 230 valence electrons. The van der Waals surface area contributed by atoms with Crippen LogP contribution in [0, 0.1) is 0 Å². The van der Waals surface area contributed by atoms with E-state index in [1.165, 1.54) is 6.08 Å². The van der Waals surface area contributed by atoms with E-state index in [-0.39, 0.29) is 31.1 Å². The Balaban J connectivity index is 1.61. The van der Waals surface area contributed by atoms with Crippen molar-refractivity contribution in [3.8, 4) is 0 Å². The second kappa shape index (κ2) is 14.1. The highest BCUT2D eigenvalue weighted by Crippen LogP contribution is 2.38. The third-order valence-electron chi connectivity index (χ3n) is 7.64. The largest absolute Gasteiger partial charge is 0.449 e. The summed E-state index contributed by atoms with van der Waals surface area (Å²) in [5.41, 5.74) is 0.298. The van der Waals surface area contributed by atoms with Gasteiger partial charge in [-0.3, -0.25) is 0 Å². The van der Waals surface area contributed by atoms with Crippen molar-refractivity contribution >= 4 is 24.7 Å². The predicted molar refractivity (Wildman–Crippen MR) is 169 cm³/mol. The molecule has 8 heteroatoms. The molecule has 1 N–H and O–H groups in total. The topological polar surface area (TPSA) is 74.2 Å². The SMILES string of the molecule is CC1(C)O[C@@H](CCO)[C@@H](C(OC(=O)c2ccccc2)/C(F)=C\CCO[Si](c2ccccc2)(c2ccccc2)C(C)(C)C)O1. The molecule has 0 bridgehead atoms. The molecule has 43 heavy (non-hydrogen) atoms. The van der Waals surface area contributed by atoms with Gasteiger partial charge in [-0.1, -0.05) is 99.6 Å². The molecule has 6 nitrogen and oxygen atoms in total. The van der Waals surface area contributed by atoms with E-state index in [1.54, 1.807) is 44.2 Å². The lowest BCUT2D eigenvalue weighted by atomic mass is 10.0. The summed E-state index contributed by atoms with van der Waals surface area (Å²) in [4.78, 5) is 13.0. The van der Waals surface area contributed by atoms with Crippen LogP contribution in [0.4, 0.5) is 4.39 Å². The molecule has 1 aliphatic heterocycles. The van der Waals surface area contributed by atoms with E-state index in [0.717, 1.165) is 10.4 Å². The number of carbonyl (C=O) groups is 1. The van der Waals surface area contributed by atoms with Crippen molar-refractivity contribution < 1.29 is 32.9 Å². The van der Waals surface area contributed by atoms with Crippen LogP contribution < -0.4 is 10.4 Å². The summed E-state index contributed by atoms with van der Waals surface area (Å²) in [6.07, 6.45) is -1.11. The molecule has 1 unspecified atom stereocenters. The Labute approximate surface area is 255 Å². The van der Waals surface area contributed by atoms with Crippen LogP contribution in [0.25, 0.3) is 0 Å². The van der Waals surface area contributed by atoms with Gasteiger partial charge in [-0.2, -0.15) is 0 Å². The number of aliphatic hydroxyl groups is 1. The highest BCUT2D eigenvalue weighted by molar-refractivity contribution is 6.99. The molecule has 0 aromatic heterocycles. The Morgan fingerprint density at radius 3 is 2.00 bits per heavy atom. The first-order valence-corrected chi connectivity index (χ1v) is 16.7. The first-order valence-electron chi connectivity index (χ1n) is 14.8. The maximum absolute atomic E-state index is 16.1. The first kappa shape index (κ1) is 32.8. The van der Waals surface area contributed by atoms with Gasteiger partial charge in [-0.05, 0) is 60.3 Å². The third kappa shape index (κ3) is 7.69. The van der Waals surface area contributed by atoms with Crippen molar-refractivity contribution in [1.29, 1.82) is 0 Å².